The molecule has 1 N–H and O–H groups in total. The molecule has 0 saturated carbocycles. The summed E-state index contributed by atoms with van der Waals surface area (Å²) in [6.45, 7) is 4.56. The molecule has 0 spiro atoms. The van der Waals surface area contributed by atoms with Gasteiger partial charge in [0.25, 0.3) is 0 Å². The maximum atomic E-state index is 5.98. The van der Waals surface area contributed by atoms with Crippen molar-refractivity contribution in [2.75, 3.05) is 26.8 Å². The second kappa shape index (κ2) is 8.54. The summed E-state index contributed by atoms with van der Waals surface area (Å²) in [5, 5.41) is 4.65. The monoisotopic (exact) mass is 287 g/mol. The molecule has 0 fully saturated rings. The molecule has 0 unspecified atom stereocenters. The van der Waals surface area contributed by atoms with Crippen LogP contribution in [-0.4, -0.2) is 26.8 Å². The fourth-order valence-electron chi connectivity index (χ4n) is 1.60. The summed E-state index contributed by atoms with van der Waals surface area (Å²) in [7, 11) is 1.70. The largest absolute Gasteiger partial charge is 0.383 e. The molecule has 0 aliphatic heterocycles. The fraction of sp³-hybridized carbons (Fsp3) is 0.429. The summed E-state index contributed by atoms with van der Waals surface area (Å²) in [6.07, 6.45) is 3.11. The van der Waals surface area contributed by atoms with Gasteiger partial charge in [-0.25, -0.2) is 0 Å². The quantitative estimate of drug-likeness (QED) is 0.765. The zero-order valence-corrected chi connectivity index (χ0v) is 12.3. The minimum Gasteiger partial charge on any atom is -0.383 e. The standard InChI is InChI=1S/C14H19Cl2NO/c1-3-11(10-17-4-5-18-2)6-12-7-13(15)9-14(16)8-12/h6-9,17H,3-5,10H2,1-2H3. The summed E-state index contributed by atoms with van der Waals surface area (Å²) in [5.41, 5.74) is 2.35. The van der Waals surface area contributed by atoms with Gasteiger partial charge in [-0.05, 0) is 30.2 Å². The Bertz CT molecular complexity index is 385. The van der Waals surface area contributed by atoms with Gasteiger partial charge < -0.3 is 10.1 Å². The second-order valence-corrected chi connectivity index (χ2v) is 4.90. The van der Waals surface area contributed by atoms with Gasteiger partial charge in [0.05, 0.1) is 6.61 Å². The highest BCUT2D eigenvalue weighted by atomic mass is 35.5. The van der Waals surface area contributed by atoms with E-state index >= 15 is 0 Å². The van der Waals surface area contributed by atoms with Crippen LogP contribution in [0.15, 0.2) is 23.8 Å². The lowest BCUT2D eigenvalue weighted by atomic mass is 10.1. The zero-order valence-electron chi connectivity index (χ0n) is 10.8. The maximum absolute atomic E-state index is 5.98. The van der Waals surface area contributed by atoms with Crippen molar-refractivity contribution in [2.24, 2.45) is 0 Å². The van der Waals surface area contributed by atoms with E-state index in [1.54, 1.807) is 13.2 Å². The molecule has 1 aromatic rings. The Morgan fingerprint density at radius 3 is 2.50 bits per heavy atom. The van der Waals surface area contributed by atoms with E-state index in [9.17, 15) is 0 Å². The number of methoxy groups -OCH3 is 1. The molecule has 100 valence electrons. The molecule has 1 rings (SSSR count). The molecule has 4 heteroatoms. The third kappa shape index (κ3) is 5.87. The topological polar surface area (TPSA) is 21.3 Å². The predicted molar refractivity (Wildman–Crippen MR) is 79.5 cm³/mol. The van der Waals surface area contributed by atoms with E-state index in [1.165, 1.54) is 5.57 Å². The van der Waals surface area contributed by atoms with Gasteiger partial charge >= 0.3 is 0 Å². The number of hydrogen-bond donors (Lipinski definition) is 1. The molecular formula is C14H19Cl2NO. The average Bonchev–Trinajstić information content (AvgIpc) is 2.32. The van der Waals surface area contributed by atoms with Crippen molar-refractivity contribution in [1.82, 2.24) is 5.32 Å². The number of nitrogens with one attached hydrogen (secondary N) is 1. The first-order chi connectivity index (χ1) is 8.65. The summed E-state index contributed by atoms with van der Waals surface area (Å²) in [4.78, 5) is 0. The first kappa shape index (κ1) is 15.5. The van der Waals surface area contributed by atoms with E-state index in [0.29, 0.717) is 10.0 Å². The number of rotatable bonds is 7. The van der Waals surface area contributed by atoms with Gasteiger partial charge in [0.15, 0.2) is 0 Å². The van der Waals surface area contributed by atoms with Crippen LogP contribution in [0.4, 0.5) is 0 Å². The Hall–Kier alpha value is -0.540. The fourth-order valence-corrected chi connectivity index (χ4v) is 2.14. The van der Waals surface area contributed by atoms with Crippen LogP contribution in [0.25, 0.3) is 6.08 Å². The Morgan fingerprint density at radius 1 is 1.28 bits per heavy atom. The van der Waals surface area contributed by atoms with Crippen molar-refractivity contribution in [2.45, 2.75) is 13.3 Å². The van der Waals surface area contributed by atoms with Crippen LogP contribution in [0.3, 0.4) is 0 Å². The molecule has 2 nitrogen and oxygen atoms in total. The van der Waals surface area contributed by atoms with E-state index in [0.717, 1.165) is 31.7 Å². The van der Waals surface area contributed by atoms with Crippen LogP contribution < -0.4 is 5.32 Å². The second-order valence-electron chi connectivity index (χ2n) is 4.03. The zero-order chi connectivity index (χ0) is 13.4. The normalized spacial score (nSPS) is 11.9. The maximum Gasteiger partial charge on any atom is 0.0587 e. The molecule has 0 saturated heterocycles. The Labute approximate surface area is 119 Å². The van der Waals surface area contributed by atoms with E-state index in [1.807, 2.05) is 12.1 Å². The van der Waals surface area contributed by atoms with Crippen molar-refractivity contribution in [3.63, 3.8) is 0 Å². The third-order valence-corrected chi connectivity index (χ3v) is 2.98. The van der Waals surface area contributed by atoms with Gasteiger partial charge in [0.1, 0.15) is 0 Å². The SMILES string of the molecule is CCC(=Cc1cc(Cl)cc(Cl)c1)CNCCOC. The molecule has 1 aromatic carbocycles. The summed E-state index contributed by atoms with van der Waals surface area (Å²) >= 11 is 12.0. The van der Waals surface area contributed by atoms with E-state index < -0.39 is 0 Å². The van der Waals surface area contributed by atoms with Crippen LogP contribution >= 0.6 is 23.2 Å². The first-order valence-corrected chi connectivity index (χ1v) is 6.76. The van der Waals surface area contributed by atoms with Gasteiger partial charge in [-0.1, -0.05) is 41.8 Å². The predicted octanol–water partition coefficient (Wildman–Crippen LogP) is 4.02. The highest BCUT2D eigenvalue weighted by Crippen LogP contribution is 2.21. The van der Waals surface area contributed by atoms with E-state index in [2.05, 4.69) is 18.3 Å². The third-order valence-electron chi connectivity index (χ3n) is 2.54. The highest BCUT2D eigenvalue weighted by molar-refractivity contribution is 6.34. The molecule has 0 aromatic heterocycles. The number of halogens is 2. The van der Waals surface area contributed by atoms with Crippen molar-refractivity contribution >= 4 is 29.3 Å². The lowest BCUT2D eigenvalue weighted by molar-refractivity contribution is 0.200. The van der Waals surface area contributed by atoms with Crippen molar-refractivity contribution < 1.29 is 4.74 Å². The summed E-state index contributed by atoms with van der Waals surface area (Å²) < 4.78 is 4.99. The smallest absolute Gasteiger partial charge is 0.0587 e. The molecule has 0 amide bonds. The molecule has 0 aliphatic carbocycles. The van der Waals surface area contributed by atoms with Crippen LogP contribution in [0.5, 0.6) is 0 Å². The Balaban J connectivity index is 2.65. The molecule has 0 radical (unpaired) electrons. The van der Waals surface area contributed by atoms with Gasteiger partial charge in [-0.3, -0.25) is 0 Å². The lowest BCUT2D eigenvalue weighted by Crippen LogP contribution is -2.21. The van der Waals surface area contributed by atoms with Gasteiger partial charge in [-0.15, -0.1) is 0 Å². The number of hydrogen-bond acceptors (Lipinski definition) is 2. The van der Waals surface area contributed by atoms with E-state index in [-0.39, 0.29) is 0 Å². The van der Waals surface area contributed by atoms with Crippen molar-refractivity contribution in [3.8, 4) is 0 Å². The highest BCUT2D eigenvalue weighted by Gasteiger charge is 1.99. The Kier molecular flexibility index (Phi) is 7.36. The van der Waals surface area contributed by atoms with E-state index in [4.69, 9.17) is 27.9 Å². The lowest BCUT2D eigenvalue weighted by Gasteiger charge is -2.07. The molecule has 0 bridgehead atoms. The molecular weight excluding hydrogens is 269 g/mol. The van der Waals surface area contributed by atoms with Gasteiger partial charge in [0, 0.05) is 30.2 Å². The number of benzene rings is 1. The van der Waals surface area contributed by atoms with Crippen LogP contribution in [0.1, 0.15) is 18.9 Å². The first-order valence-electron chi connectivity index (χ1n) is 6.01. The van der Waals surface area contributed by atoms with Gasteiger partial charge in [-0.2, -0.15) is 0 Å². The van der Waals surface area contributed by atoms with Crippen LogP contribution in [0.2, 0.25) is 10.0 Å². The van der Waals surface area contributed by atoms with Gasteiger partial charge in [0.2, 0.25) is 0 Å². The minimum atomic E-state index is 0.663. The summed E-state index contributed by atoms with van der Waals surface area (Å²) in [6, 6.07) is 5.57. The molecule has 0 aliphatic rings. The Morgan fingerprint density at radius 2 is 1.94 bits per heavy atom. The molecule has 0 atom stereocenters. The van der Waals surface area contributed by atoms with Crippen LogP contribution in [-0.2, 0) is 4.74 Å². The minimum absolute atomic E-state index is 0.663. The average molecular weight is 288 g/mol. The number of ether oxygens (including phenoxy) is 1. The summed E-state index contributed by atoms with van der Waals surface area (Å²) in [5.74, 6) is 0. The van der Waals surface area contributed by atoms with Crippen LogP contribution in [0, 0.1) is 0 Å². The van der Waals surface area contributed by atoms with Crippen molar-refractivity contribution in [1.29, 1.82) is 0 Å². The van der Waals surface area contributed by atoms with Crippen molar-refractivity contribution in [3.05, 3.63) is 39.4 Å². The molecule has 18 heavy (non-hydrogen) atoms. The molecule has 0 heterocycles.